The fourth-order valence-electron chi connectivity index (χ4n) is 2.69. The van der Waals surface area contributed by atoms with Gasteiger partial charge in [-0.05, 0) is 42.6 Å². The van der Waals surface area contributed by atoms with Crippen molar-refractivity contribution >= 4 is 34.8 Å². The van der Waals surface area contributed by atoms with Crippen molar-refractivity contribution in [1.82, 2.24) is 21.2 Å². The molecule has 3 atom stereocenters. The first kappa shape index (κ1) is 17.0. The van der Waals surface area contributed by atoms with E-state index in [0.29, 0.717) is 33.7 Å². The first-order valence-corrected chi connectivity index (χ1v) is 8.24. The lowest BCUT2D eigenvalue weighted by Crippen LogP contribution is -2.52. The summed E-state index contributed by atoms with van der Waals surface area (Å²) in [5, 5.41) is 4.06. The Bertz CT molecular complexity index is 537. The van der Waals surface area contributed by atoms with Crippen LogP contribution in [0.15, 0.2) is 18.3 Å². The molecule has 120 valence electrons. The number of hydrogen-bond acceptors (Lipinski definition) is 3. The standard InChI is InChI=1S/C15H21ClN4OS/c1-9-4-3-5-12(10(9)2)18-15(22)20-19-14(21)11-6-7-13(16)17-8-11/h6-10,12H,3-5H2,1-2H3,(H,19,21)(H2,18,20,22)/t9-,10+,12-/m0/s1. The fraction of sp³-hybridized carbons (Fsp3) is 0.533. The largest absolute Gasteiger partial charge is 0.358 e. The van der Waals surface area contributed by atoms with E-state index in [1.807, 2.05) is 0 Å². The molecule has 5 nitrogen and oxygen atoms in total. The summed E-state index contributed by atoms with van der Waals surface area (Å²) in [5.74, 6) is 0.937. The van der Waals surface area contributed by atoms with Crippen LogP contribution in [0.1, 0.15) is 43.5 Å². The van der Waals surface area contributed by atoms with Crippen molar-refractivity contribution in [2.75, 3.05) is 0 Å². The number of carbonyl (C=O) groups excluding carboxylic acids is 1. The molecule has 1 aliphatic carbocycles. The molecular weight excluding hydrogens is 320 g/mol. The van der Waals surface area contributed by atoms with Crippen LogP contribution < -0.4 is 16.2 Å². The van der Waals surface area contributed by atoms with Crippen LogP contribution in [-0.2, 0) is 0 Å². The van der Waals surface area contributed by atoms with E-state index >= 15 is 0 Å². The maximum Gasteiger partial charge on any atom is 0.271 e. The maximum absolute atomic E-state index is 11.9. The van der Waals surface area contributed by atoms with Crippen molar-refractivity contribution in [1.29, 1.82) is 0 Å². The number of aromatic nitrogens is 1. The molecule has 1 aromatic heterocycles. The van der Waals surface area contributed by atoms with E-state index in [9.17, 15) is 4.79 Å². The van der Waals surface area contributed by atoms with Gasteiger partial charge in [-0.25, -0.2) is 4.98 Å². The monoisotopic (exact) mass is 340 g/mol. The van der Waals surface area contributed by atoms with Gasteiger partial charge in [0, 0.05) is 12.2 Å². The van der Waals surface area contributed by atoms with Crippen LogP contribution in [0.2, 0.25) is 5.15 Å². The Morgan fingerprint density at radius 3 is 2.77 bits per heavy atom. The van der Waals surface area contributed by atoms with Gasteiger partial charge in [0.2, 0.25) is 0 Å². The summed E-state index contributed by atoms with van der Waals surface area (Å²) >= 11 is 10.9. The second-order valence-electron chi connectivity index (χ2n) is 5.80. The molecule has 0 aromatic carbocycles. The predicted molar refractivity (Wildman–Crippen MR) is 91.5 cm³/mol. The van der Waals surface area contributed by atoms with Gasteiger partial charge in [-0.15, -0.1) is 0 Å². The van der Waals surface area contributed by atoms with Gasteiger partial charge in [0.05, 0.1) is 5.56 Å². The summed E-state index contributed by atoms with van der Waals surface area (Å²) in [6.45, 7) is 4.51. The molecule has 0 aliphatic heterocycles. The SMILES string of the molecule is C[C@H]1[C@@H](NC(=S)NNC(=O)c2ccc(Cl)nc2)CCC[C@@H]1C. The number of nitrogens with zero attached hydrogens (tertiary/aromatic N) is 1. The zero-order valence-electron chi connectivity index (χ0n) is 12.7. The molecule has 3 N–H and O–H groups in total. The fourth-order valence-corrected chi connectivity index (χ4v) is 3.00. The summed E-state index contributed by atoms with van der Waals surface area (Å²) in [6.07, 6.45) is 4.98. The van der Waals surface area contributed by atoms with E-state index in [1.54, 1.807) is 12.1 Å². The van der Waals surface area contributed by atoms with E-state index < -0.39 is 0 Å². The number of hydrazine groups is 1. The minimum atomic E-state index is -0.307. The molecule has 1 heterocycles. The smallest absolute Gasteiger partial charge is 0.271 e. The zero-order chi connectivity index (χ0) is 16.1. The molecule has 1 amide bonds. The second-order valence-corrected chi connectivity index (χ2v) is 6.59. The molecular formula is C15H21ClN4OS. The molecule has 0 spiro atoms. The van der Waals surface area contributed by atoms with Crippen molar-refractivity contribution in [3.8, 4) is 0 Å². The molecule has 0 saturated heterocycles. The first-order valence-electron chi connectivity index (χ1n) is 7.45. The Labute approximate surface area is 141 Å². The lowest BCUT2D eigenvalue weighted by atomic mass is 9.78. The van der Waals surface area contributed by atoms with Crippen LogP contribution >= 0.6 is 23.8 Å². The predicted octanol–water partition coefficient (Wildman–Crippen LogP) is 2.67. The Morgan fingerprint density at radius 2 is 2.09 bits per heavy atom. The van der Waals surface area contributed by atoms with Crippen molar-refractivity contribution in [3.63, 3.8) is 0 Å². The van der Waals surface area contributed by atoms with E-state index in [1.165, 1.54) is 19.0 Å². The lowest BCUT2D eigenvalue weighted by Gasteiger charge is -2.35. The van der Waals surface area contributed by atoms with Gasteiger partial charge in [-0.3, -0.25) is 15.6 Å². The molecule has 1 fully saturated rings. The number of carbonyl (C=O) groups is 1. The van der Waals surface area contributed by atoms with Gasteiger partial charge < -0.3 is 5.32 Å². The van der Waals surface area contributed by atoms with Crippen LogP contribution in [0.3, 0.4) is 0 Å². The van der Waals surface area contributed by atoms with Crippen LogP contribution in [0.25, 0.3) is 0 Å². The summed E-state index contributed by atoms with van der Waals surface area (Å²) in [6, 6.07) is 3.52. The Morgan fingerprint density at radius 1 is 1.32 bits per heavy atom. The topological polar surface area (TPSA) is 66.0 Å². The number of amides is 1. The van der Waals surface area contributed by atoms with Crippen molar-refractivity contribution in [2.24, 2.45) is 11.8 Å². The highest BCUT2D eigenvalue weighted by Gasteiger charge is 2.27. The Hall–Kier alpha value is -1.40. The van der Waals surface area contributed by atoms with E-state index in [-0.39, 0.29) is 5.91 Å². The Balaban J connectivity index is 1.80. The number of halogens is 1. The van der Waals surface area contributed by atoms with Crippen molar-refractivity contribution in [2.45, 2.75) is 39.2 Å². The van der Waals surface area contributed by atoms with Crippen LogP contribution in [-0.4, -0.2) is 22.0 Å². The minimum absolute atomic E-state index is 0.307. The van der Waals surface area contributed by atoms with E-state index in [4.69, 9.17) is 23.8 Å². The van der Waals surface area contributed by atoms with Crippen LogP contribution in [0.5, 0.6) is 0 Å². The second kappa shape index (κ2) is 7.74. The highest BCUT2D eigenvalue weighted by atomic mass is 35.5. The molecule has 0 unspecified atom stereocenters. The highest BCUT2D eigenvalue weighted by molar-refractivity contribution is 7.80. The molecule has 1 aromatic rings. The summed E-state index contributed by atoms with van der Waals surface area (Å²) in [4.78, 5) is 15.8. The van der Waals surface area contributed by atoms with E-state index in [0.717, 1.165) is 6.42 Å². The first-order chi connectivity index (χ1) is 10.5. The molecule has 1 aliphatic rings. The normalized spacial score (nSPS) is 24.4. The van der Waals surface area contributed by atoms with Crippen molar-refractivity contribution in [3.05, 3.63) is 29.0 Å². The lowest BCUT2D eigenvalue weighted by molar-refractivity contribution is 0.0943. The van der Waals surface area contributed by atoms with Crippen LogP contribution in [0.4, 0.5) is 0 Å². The van der Waals surface area contributed by atoms with Crippen LogP contribution in [0, 0.1) is 11.8 Å². The quantitative estimate of drug-likeness (QED) is 0.439. The van der Waals surface area contributed by atoms with E-state index in [2.05, 4.69) is 35.0 Å². The number of hydrogen-bond donors (Lipinski definition) is 3. The van der Waals surface area contributed by atoms with Gasteiger partial charge >= 0.3 is 0 Å². The average Bonchev–Trinajstić information content (AvgIpc) is 2.50. The van der Waals surface area contributed by atoms with Gasteiger partial charge in [-0.2, -0.15) is 0 Å². The minimum Gasteiger partial charge on any atom is -0.358 e. The third kappa shape index (κ3) is 4.55. The molecule has 1 saturated carbocycles. The summed E-state index contributed by atoms with van der Waals surface area (Å²) < 4.78 is 0. The highest BCUT2D eigenvalue weighted by Crippen LogP contribution is 2.29. The molecule has 22 heavy (non-hydrogen) atoms. The molecule has 0 radical (unpaired) electrons. The van der Waals surface area contributed by atoms with Crippen molar-refractivity contribution < 1.29 is 4.79 Å². The number of pyridine rings is 1. The molecule has 7 heteroatoms. The summed E-state index contributed by atoms with van der Waals surface area (Å²) in [7, 11) is 0. The number of nitrogens with one attached hydrogen (secondary N) is 3. The number of rotatable bonds is 2. The summed E-state index contributed by atoms with van der Waals surface area (Å²) in [5.41, 5.74) is 5.71. The van der Waals surface area contributed by atoms with Gasteiger partial charge in [0.15, 0.2) is 5.11 Å². The zero-order valence-corrected chi connectivity index (χ0v) is 14.3. The Kier molecular flexibility index (Phi) is 5.97. The number of thiocarbonyl (C=S) groups is 1. The third-order valence-corrected chi connectivity index (χ3v) is 4.75. The van der Waals surface area contributed by atoms with Gasteiger partial charge in [-0.1, -0.05) is 38.3 Å². The maximum atomic E-state index is 11.9. The van der Waals surface area contributed by atoms with Gasteiger partial charge in [0.25, 0.3) is 5.91 Å². The molecule has 0 bridgehead atoms. The van der Waals surface area contributed by atoms with Gasteiger partial charge in [0.1, 0.15) is 5.15 Å². The average molecular weight is 341 g/mol. The third-order valence-electron chi connectivity index (χ3n) is 4.30. The molecule has 2 rings (SSSR count).